The van der Waals surface area contributed by atoms with Gasteiger partial charge < -0.3 is 9.84 Å². The van der Waals surface area contributed by atoms with Crippen molar-refractivity contribution in [3.05, 3.63) is 65.2 Å². The molecule has 1 fully saturated rings. The number of hydrogen-bond donors (Lipinski definition) is 2. The van der Waals surface area contributed by atoms with Crippen LogP contribution in [-0.4, -0.2) is 35.0 Å². The number of rotatable bonds is 5. The van der Waals surface area contributed by atoms with Gasteiger partial charge >= 0.3 is 12.0 Å². The number of imide groups is 2. The van der Waals surface area contributed by atoms with E-state index in [1.165, 1.54) is 25.1 Å². The number of aryl methyl sites for hydroxylation is 1. The van der Waals surface area contributed by atoms with Crippen LogP contribution in [0, 0.1) is 6.92 Å². The van der Waals surface area contributed by atoms with E-state index in [2.05, 4.69) is 5.32 Å². The Hall–Kier alpha value is -3.94. The second-order valence-corrected chi connectivity index (χ2v) is 6.46. The molecule has 0 unspecified atom stereocenters. The van der Waals surface area contributed by atoms with Gasteiger partial charge in [0, 0.05) is 0 Å². The van der Waals surface area contributed by atoms with E-state index in [4.69, 9.17) is 9.84 Å². The number of benzene rings is 2. The summed E-state index contributed by atoms with van der Waals surface area (Å²) in [5.41, 5.74) is 1.53. The standard InChI is InChI=1S/C21H18N2O6/c1-12-4-3-5-15(10-12)23-19(25)17(18(24)22-21(23)28)11-14-6-8-16(9-7-14)29-13(2)20(26)27/h3-11,13H,1-2H3,(H,26,27)(H,22,24,28)/b17-11-/t13-/m0/s1. The number of anilines is 1. The predicted molar refractivity (Wildman–Crippen MR) is 104 cm³/mol. The Morgan fingerprint density at radius 2 is 1.83 bits per heavy atom. The summed E-state index contributed by atoms with van der Waals surface area (Å²) in [5, 5.41) is 11.0. The highest BCUT2D eigenvalue weighted by Gasteiger charge is 2.36. The van der Waals surface area contributed by atoms with Crippen molar-refractivity contribution in [1.29, 1.82) is 0 Å². The fourth-order valence-electron chi connectivity index (χ4n) is 2.72. The van der Waals surface area contributed by atoms with Crippen molar-refractivity contribution in [1.82, 2.24) is 5.32 Å². The maximum atomic E-state index is 12.8. The monoisotopic (exact) mass is 394 g/mol. The van der Waals surface area contributed by atoms with E-state index in [0.717, 1.165) is 10.5 Å². The molecule has 29 heavy (non-hydrogen) atoms. The van der Waals surface area contributed by atoms with Gasteiger partial charge in [-0.3, -0.25) is 14.9 Å². The smallest absolute Gasteiger partial charge is 0.344 e. The number of carbonyl (C=O) groups is 4. The van der Waals surface area contributed by atoms with Gasteiger partial charge in [-0.05, 0) is 55.3 Å². The Bertz CT molecular complexity index is 1030. The number of barbiturate groups is 1. The number of carboxylic acids is 1. The van der Waals surface area contributed by atoms with Crippen LogP contribution in [0.3, 0.4) is 0 Å². The van der Waals surface area contributed by atoms with Crippen LogP contribution < -0.4 is 15.0 Å². The number of amides is 4. The summed E-state index contributed by atoms with van der Waals surface area (Å²) in [4.78, 5) is 49.0. The lowest BCUT2D eigenvalue weighted by molar-refractivity contribution is -0.144. The predicted octanol–water partition coefficient (Wildman–Crippen LogP) is 2.51. The van der Waals surface area contributed by atoms with E-state index >= 15 is 0 Å². The highest BCUT2D eigenvalue weighted by Crippen LogP contribution is 2.23. The molecule has 4 amide bonds. The van der Waals surface area contributed by atoms with Crippen molar-refractivity contribution in [2.24, 2.45) is 0 Å². The molecule has 0 bridgehead atoms. The van der Waals surface area contributed by atoms with Gasteiger partial charge in [-0.25, -0.2) is 14.5 Å². The van der Waals surface area contributed by atoms with Crippen LogP contribution in [-0.2, 0) is 14.4 Å². The summed E-state index contributed by atoms with van der Waals surface area (Å²) in [5.74, 6) is -2.28. The van der Waals surface area contributed by atoms with Crippen molar-refractivity contribution >= 4 is 35.6 Å². The van der Waals surface area contributed by atoms with E-state index < -0.39 is 29.9 Å². The molecule has 8 nitrogen and oxygen atoms in total. The number of carbonyl (C=O) groups excluding carboxylic acids is 3. The molecule has 2 aromatic rings. The Balaban J connectivity index is 1.87. The van der Waals surface area contributed by atoms with Crippen molar-refractivity contribution in [2.45, 2.75) is 20.0 Å². The van der Waals surface area contributed by atoms with Crippen molar-refractivity contribution in [3.8, 4) is 5.75 Å². The first kappa shape index (κ1) is 19.8. The van der Waals surface area contributed by atoms with Gasteiger partial charge in [-0.2, -0.15) is 0 Å². The second-order valence-electron chi connectivity index (χ2n) is 6.46. The van der Waals surface area contributed by atoms with Gasteiger partial charge in [0.25, 0.3) is 11.8 Å². The number of hydrogen-bond acceptors (Lipinski definition) is 5. The molecule has 3 rings (SSSR count). The lowest BCUT2D eigenvalue weighted by atomic mass is 10.1. The number of nitrogens with one attached hydrogen (secondary N) is 1. The Morgan fingerprint density at radius 3 is 2.45 bits per heavy atom. The Morgan fingerprint density at radius 1 is 1.14 bits per heavy atom. The number of aliphatic carboxylic acids is 1. The first-order chi connectivity index (χ1) is 13.8. The van der Waals surface area contributed by atoms with Crippen LogP contribution in [0.4, 0.5) is 10.5 Å². The summed E-state index contributed by atoms with van der Waals surface area (Å²) in [7, 11) is 0. The number of carboxylic acid groups (broad SMARTS) is 1. The minimum atomic E-state index is -1.10. The average molecular weight is 394 g/mol. The second kappa shape index (κ2) is 7.97. The molecule has 8 heteroatoms. The van der Waals surface area contributed by atoms with Crippen LogP contribution in [0.15, 0.2) is 54.1 Å². The van der Waals surface area contributed by atoms with Crippen molar-refractivity contribution in [2.75, 3.05) is 4.90 Å². The topological polar surface area (TPSA) is 113 Å². The van der Waals surface area contributed by atoms with Crippen molar-refractivity contribution < 1.29 is 29.0 Å². The lowest BCUT2D eigenvalue weighted by Crippen LogP contribution is -2.54. The molecular formula is C21H18N2O6. The summed E-state index contributed by atoms with van der Waals surface area (Å²) < 4.78 is 5.24. The summed E-state index contributed by atoms with van der Waals surface area (Å²) in [6.45, 7) is 3.23. The lowest BCUT2D eigenvalue weighted by Gasteiger charge is -2.26. The highest BCUT2D eigenvalue weighted by molar-refractivity contribution is 6.39. The van der Waals surface area contributed by atoms with E-state index in [1.54, 1.807) is 30.3 Å². The highest BCUT2D eigenvalue weighted by atomic mass is 16.5. The summed E-state index contributed by atoms with van der Waals surface area (Å²) in [6, 6.07) is 12.2. The minimum Gasteiger partial charge on any atom is -0.479 e. The fourth-order valence-corrected chi connectivity index (χ4v) is 2.72. The molecule has 0 saturated carbocycles. The number of ether oxygens (including phenoxy) is 1. The zero-order chi connectivity index (χ0) is 21.1. The maximum absolute atomic E-state index is 12.8. The SMILES string of the molecule is Cc1cccc(N2C(=O)NC(=O)/C(=C/c3ccc(O[C@@H](C)C(=O)O)cc3)C2=O)c1. The molecule has 0 spiro atoms. The van der Waals surface area contributed by atoms with Gasteiger partial charge in [0.05, 0.1) is 5.69 Å². The van der Waals surface area contributed by atoms with Gasteiger partial charge in [0.2, 0.25) is 0 Å². The maximum Gasteiger partial charge on any atom is 0.344 e. The largest absolute Gasteiger partial charge is 0.479 e. The third-order valence-corrected chi connectivity index (χ3v) is 4.21. The quantitative estimate of drug-likeness (QED) is 0.595. The number of nitrogens with zero attached hydrogens (tertiary/aromatic N) is 1. The van der Waals surface area contributed by atoms with Crippen LogP contribution >= 0.6 is 0 Å². The molecule has 1 aliphatic rings. The van der Waals surface area contributed by atoms with Crippen LogP contribution in [0.1, 0.15) is 18.1 Å². The number of urea groups is 1. The molecule has 148 valence electrons. The summed E-state index contributed by atoms with van der Waals surface area (Å²) in [6.07, 6.45) is 0.343. The first-order valence-electron chi connectivity index (χ1n) is 8.74. The minimum absolute atomic E-state index is 0.196. The Labute approximate surface area is 166 Å². The third kappa shape index (κ3) is 4.32. The Kier molecular flexibility index (Phi) is 5.45. The van der Waals surface area contributed by atoms with Crippen LogP contribution in [0.25, 0.3) is 6.08 Å². The van der Waals surface area contributed by atoms with Crippen LogP contribution in [0.2, 0.25) is 0 Å². The molecule has 2 N–H and O–H groups in total. The average Bonchev–Trinajstić information content (AvgIpc) is 2.66. The van der Waals surface area contributed by atoms with Crippen LogP contribution in [0.5, 0.6) is 5.75 Å². The molecular weight excluding hydrogens is 376 g/mol. The normalized spacial score (nSPS) is 16.6. The van der Waals surface area contributed by atoms with Crippen molar-refractivity contribution in [3.63, 3.8) is 0 Å². The molecule has 0 radical (unpaired) electrons. The van der Waals surface area contributed by atoms with E-state index in [0.29, 0.717) is 17.0 Å². The van der Waals surface area contributed by atoms with E-state index in [9.17, 15) is 19.2 Å². The molecule has 1 atom stereocenters. The molecule has 1 saturated heterocycles. The third-order valence-electron chi connectivity index (χ3n) is 4.21. The molecule has 2 aromatic carbocycles. The van der Waals surface area contributed by atoms with Gasteiger partial charge in [-0.15, -0.1) is 0 Å². The molecule has 1 aliphatic heterocycles. The molecule has 1 heterocycles. The van der Waals surface area contributed by atoms with Gasteiger partial charge in [-0.1, -0.05) is 24.3 Å². The zero-order valence-electron chi connectivity index (χ0n) is 15.7. The first-order valence-corrected chi connectivity index (χ1v) is 8.74. The molecule has 0 aliphatic carbocycles. The van der Waals surface area contributed by atoms with E-state index in [-0.39, 0.29) is 5.57 Å². The fraction of sp³-hybridized carbons (Fsp3) is 0.143. The zero-order valence-corrected chi connectivity index (χ0v) is 15.7. The van der Waals surface area contributed by atoms with Gasteiger partial charge in [0.1, 0.15) is 11.3 Å². The molecule has 0 aromatic heterocycles. The summed E-state index contributed by atoms with van der Waals surface area (Å²) >= 11 is 0. The van der Waals surface area contributed by atoms with Gasteiger partial charge in [0.15, 0.2) is 6.10 Å². The van der Waals surface area contributed by atoms with E-state index in [1.807, 2.05) is 13.0 Å².